The first-order valence-electron chi connectivity index (χ1n) is 8.96. The molecule has 0 atom stereocenters. The summed E-state index contributed by atoms with van der Waals surface area (Å²) in [4.78, 5) is 16.4. The Balaban J connectivity index is 1.59. The van der Waals surface area contributed by atoms with Crippen LogP contribution in [-0.4, -0.2) is 37.9 Å². The number of nitrogens with one attached hydrogen (secondary N) is 2. The number of urea groups is 1. The van der Waals surface area contributed by atoms with Crippen LogP contribution in [0.4, 0.5) is 4.79 Å². The van der Waals surface area contributed by atoms with Crippen LogP contribution >= 0.6 is 11.6 Å². The molecule has 3 rings (SSSR count). The first-order chi connectivity index (χ1) is 13.1. The number of rotatable bonds is 6. The topological polar surface area (TPSA) is 72.5 Å². The number of nitrogens with zero attached hydrogens (tertiary/aromatic N) is 1. The molecule has 2 aromatic rings. The van der Waals surface area contributed by atoms with Crippen LogP contribution < -0.4 is 15.4 Å². The lowest BCUT2D eigenvalue weighted by atomic mass is 9.74. The molecular formula is C20H24ClN3O3. The lowest BCUT2D eigenvalue weighted by Gasteiger charge is -2.38. The third-order valence-electron chi connectivity index (χ3n) is 4.96. The monoisotopic (exact) mass is 389 g/mol. The van der Waals surface area contributed by atoms with E-state index in [1.165, 1.54) is 5.56 Å². The number of amides is 2. The molecule has 1 aliphatic rings. The van der Waals surface area contributed by atoms with Gasteiger partial charge in [-0.1, -0.05) is 23.7 Å². The van der Waals surface area contributed by atoms with Gasteiger partial charge in [-0.15, -0.1) is 0 Å². The molecule has 6 nitrogen and oxygen atoms in total. The highest BCUT2D eigenvalue weighted by atomic mass is 35.5. The van der Waals surface area contributed by atoms with Gasteiger partial charge in [0.25, 0.3) is 0 Å². The Morgan fingerprint density at radius 3 is 2.67 bits per heavy atom. The number of aromatic nitrogens is 1. The van der Waals surface area contributed by atoms with E-state index in [0.717, 1.165) is 18.4 Å². The second-order valence-electron chi connectivity index (χ2n) is 6.64. The van der Waals surface area contributed by atoms with Gasteiger partial charge >= 0.3 is 6.03 Å². The Kier molecular flexibility index (Phi) is 6.53. The summed E-state index contributed by atoms with van der Waals surface area (Å²) in [5, 5.41) is 6.61. The molecule has 27 heavy (non-hydrogen) atoms. The zero-order chi connectivity index (χ0) is 19.1. The van der Waals surface area contributed by atoms with Gasteiger partial charge in [0.1, 0.15) is 0 Å². The summed E-state index contributed by atoms with van der Waals surface area (Å²) in [5.41, 5.74) is 1.96. The highest BCUT2D eigenvalue weighted by Crippen LogP contribution is 2.34. The third-order valence-corrected chi connectivity index (χ3v) is 5.21. The van der Waals surface area contributed by atoms with Gasteiger partial charge in [0.05, 0.1) is 7.11 Å². The SMILES string of the molecule is COc1cc(CNC(=O)NCC2(c3ccc(Cl)cc3)CCOCC2)ccn1. The van der Waals surface area contributed by atoms with Crippen molar-refractivity contribution in [1.82, 2.24) is 15.6 Å². The van der Waals surface area contributed by atoms with Crippen molar-refractivity contribution in [3.8, 4) is 5.88 Å². The van der Waals surface area contributed by atoms with Gasteiger partial charge in [-0.25, -0.2) is 9.78 Å². The number of carbonyl (C=O) groups is 1. The molecular weight excluding hydrogens is 366 g/mol. The molecule has 1 aliphatic heterocycles. The van der Waals surface area contributed by atoms with Crippen molar-refractivity contribution in [1.29, 1.82) is 0 Å². The number of hydrogen-bond donors (Lipinski definition) is 2. The molecule has 1 fully saturated rings. The van der Waals surface area contributed by atoms with E-state index < -0.39 is 0 Å². The molecule has 2 heterocycles. The van der Waals surface area contributed by atoms with Crippen LogP contribution in [0.1, 0.15) is 24.0 Å². The minimum atomic E-state index is -0.203. The van der Waals surface area contributed by atoms with Crippen molar-refractivity contribution in [3.63, 3.8) is 0 Å². The summed E-state index contributed by atoms with van der Waals surface area (Å²) in [5.74, 6) is 0.526. The molecule has 2 N–H and O–H groups in total. The van der Waals surface area contributed by atoms with E-state index in [4.69, 9.17) is 21.1 Å². The highest BCUT2D eigenvalue weighted by Gasteiger charge is 2.34. The van der Waals surface area contributed by atoms with Crippen LogP contribution in [0, 0.1) is 0 Å². The third kappa shape index (κ3) is 5.11. The first-order valence-corrected chi connectivity index (χ1v) is 9.33. The largest absolute Gasteiger partial charge is 0.481 e. The van der Waals surface area contributed by atoms with Crippen molar-refractivity contribution in [3.05, 3.63) is 58.7 Å². The summed E-state index contributed by atoms with van der Waals surface area (Å²) in [6.07, 6.45) is 3.37. The lowest BCUT2D eigenvalue weighted by Crippen LogP contribution is -2.47. The maximum Gasteiger partial charge on any atom is 0.315 e. The van der Waals surface area contributed by atoms with Gasteiger partial charge < -0.3 is 20.1 Å². The quantitative estimate of drug-likeness (QED) is 0.795. The standard InChI is InChI=1S/C20H24ClN3O3/c1-26-18-12-15(6-9-22-18)13-23-19(25)24-14-20(7-10-27-11-8-20)16-2-4-17(21)5-3-16/h2-6,9,12H,7-8,10-11,13-14H2,1H3,(H2,23,24,25). The van der Waals surface area contributed by atoms with E-state index in [9.17, 15) is 4.79 Å². The molecule has 7 heteroatoms. The zero-order valence-electron chi connectivity index (χ0n) is 15.3. The van der Waals surface area contributed by atoms with Gasteiger partial charge in [-0.05, 0) is 42.2 Å². The van der Waals surface area contributed by atoms with E-state index in [1.807, 2.05) is 30.3 Å². The summed E-state index contributed by atoms with van der Waals surface area (Å²) in [6, 6.07) is 11.3. The van der Waals surface area contributed by atoms with E-state index in [1.54, 1.807) is 19.4 Å². The number of pyridine rings is 1. The van der Waals surface area contributed by atoms with Gasteiger partial charge in [-0.3, -0.25) is 0 Å². The van der Waals surface area contributed by atoms with E-state index >= 15 is 0 Å². The Labute approximate surface area is 164 Å². The highest BCUT2D eigenvalue weighted by molar-refractivity contribution is 6.30. The van der Waals surface area contributed by atoms with Crippen LogP contribution in [0.5, 0.6) is 5.88 Å². The minimum absolute atomic E-state index is 0.139. The smallest absolute Gasteiger partial charge is 0.315 e. The molecule has 1 saturated heterocycles. The summed E-state index contributed by atoms with van der Waals surface area (Å²) in [6.45, 7) is 2.32. The molecule has 0 radical (unpaired) electrons. The number of methoxy groups -OCH3 is 1. The fraction of sp³-hybridized carbons (Fsp3) is 0.400. The Bertz CT molecular complexity index is 761. The predicted octanol–water partition coefficient (Wildman–Crippen LogP) is 3.29. The fourth-order valence-electron chi connectivity index (χ4n) is 3.30. The number of benzene rings is 1. The Morgan fingerprint density at radius 2 is 1.96 bits per heavy atom. The molecule has 0 spiro atoms. The number of carbonyl (C=O) groups excluding carboxylic acids is 1. The summed E-state index contributed by atoms with van der Waals surface area (Å²) < 4.78 is 10.6. The lowest BCUT2D eigenvalue weighted by molar-refractivity contribution is 0.0507. The average molecular weight is 390 g/mol. The normalized spacial score (nSPS) is 15.8. The second kappa shape index (κ2) is 9.06. The van der Waals surface area contributed by atoms with Crippen molar-refractivity contribution in [2.45, 2.75) is 24.8 Å². The second-order valence-corrected chi connectivity index (χ2v) is 7.08. The maximum atomic E-state index is 12.3. The van der Waals surface area contributed by atoms with Crippen LogP contribution in [0.15, 0.2) is 42.6 Å². The summed E-state index contributed by atoms with van der Waals surface area (Å²) >= 11 is 6.03. The Morgan fingerprint density at radius 1 is 1.22 bits per heavy atom. The van der Waals surface area contributed by atoms with Crippen LogP contribution in [0.2, 0.25) is 5.02 Å². The van der Waals surface area contributed by atoms with Crippen molar-refractivity contribution < 1.29 is 14.3 Å². The molecule has 0 aliphatic carbocycles. The van der Waals surface area contributed by atoms with E-state index in [0.29, 0.717) is 37.2 Å². The predicted molar refractivity (Wildman–Crippen MR) is 104 cm³/mol. The van der Waals surface area contributed by atoms with Crippen molar-refractivity contribution in [2.24, 2.45) is 0 Å². The van der Waals surface area contributed by atoms with Crippen molar-refractivity contribution in [2.75, 3.05) is 26.9 Å². The molecule has 1 aromatic heterocycles. The molecule has 1 aromatic carbocycles. The van der Waals surface area contributed by atoms with E-state index in [-0.39, 0.29) is 11.4 Å². The molecule has 0 unspecified atom stereocenters. The van der Waals surface area contributed by atoms with Gasteiger partial charge in [0.2, 0.25) is 5.88 Å². The molecule has 0 bridgehead atoms. The summed E-state index contributed by atoms with van der Waals surface area (Å²) in [7, 11) is 1.57. The number of hydrogen-bond acceptors (Lipinski definition) is 4. The van der Waals surface area contributed by atoms with Crippen LogP contribution in [0.3, 0.4) is 0 Å². The van der Waals surface area contributed by atoms with Gasteiger partial charge in [0, 0.05) is 49.0 Å². The molecule has 0 saturated carbocycles. The van der Waals surface area contributed by atoms with Gasteiger partial charge in [0.15, 0.2) is 0 Å². The Hall–Kier alpha value is -2.31. The minimum Gasteiger partial charge on any atom is -0.481 e. The number of ether oxygens (including phenoxy) is 2. The average Bonchev–Trinajstić information content (AvgIpc) is 2.72. The van der Waals surface area contributed by atoms with Gasteiger partial charge in [-0.2, -0.15) is 0 Å². The molecule has 144 valence electrons. The maximum absolute atomic E-state index is 12.3. The van der Waals surface area contributed by atoms with Crippen molar-refractivity contribution >= 4 is 17.6 Å². The van der Waals surface area contributed by atoms with E-state index in [2.05, 4.69) is 15.6 Å². The van der Waals surface area contributed by atoms with Crippen LogP contribution in [-0.2, 0) is 16.7 Å². The fourth-order valence-corrected chi connectivity index (χ4v) is 3.43. The van der Waals surface area contributed by atoms with Crippen LogP contribution in [0.25, 0.3) is 0 Å². The zero-order valence-corrected chi connectivity index (χ0v) is 16.1. The number of halogens is 1. The molecule has 2 amide bonds. The first kappa shape index (κ1) is 19.5.